The van der Waals surface area contributed by atoms with E-state index in [0.717, 1.165) is 11.3 Å². The van der Waals surface area contributed by atoms with Crippen molar-refractivity contribution in [3.63, 3.8) is 0 Å². The fourth-order valence-electron chi connectivity index (χ4n) is 2.34. The Hall–Kier alpha value is -1.83. The normalized spacial score (nSPS) is 13.6. The lowest BCUT2D eigenvalue weighted by molar-refractivity contribution is 0.242. The molecule has 2 aromatic carbocycles. The predicted octanol–water partition coefficient (Wildman–Crippen LogP) is 4.38. The predicted molar refractivity (Wildman–Crippen MR) is 97.2 cm³/mol. The summed E-state index contributed by atoms with van der Waals surface area (Å²) in [5, 5.41) is 1.34. The number of rotatable bonds is 7. The third-order valence-corrected chi connectivity index (χ3v) is 5.88. The average Bonchev–Trinajstić information content (AvgIpc) is 2.55. The summed E-state index contributed by atoms with van der Waals surface area (Å²) in [4.78, 5) is 0. The molecule has 0 saturated carbocycles. The zero-order valence-corrected chi connectivity index (χ0v) is 14.8. The molecule has 0 fully saturated rings. The largest absolute Gasteiger partial charge is 0.490 e. The molecular formula is C19H23O3P. The van der Waals surface area contributed by atoms with E-state index in [4.69, 9.17) is 9.26 Å². The van der Waals surface area contributed by atoms with E-state index in [9.17, 15) is 4.57 Å². The quantitative estimate of drug-likeness (QED) is 0.707. The molecule has 0 bridgehead atoms. The van der Waals surface area contributed by atoms with Crippen LogP contribution in [0.3, 0.4) is 0 Å². The Kier molecular flexibility index (Phi) is 5.81. The van der Waals surface area contributed by atoms with Crippen molar-refractivity contribution in [2.45, 2.75) is 26.9 Å². The fourth-order valence-corrected chi connectivity index (χ4v) is 4.45. The van der Waals surface area contributed by atoms with Gasteiger partial charge >= 0.3 is 0 Å². The van der Waals surface area contributed by atoms with Crippen LogP contribution in [-0.2, 0) is 9.09 Å². The molecule has 4 heteroatoms. The molecule has 0 amide bonds. The first-order valence-corrected chi connectivity index (χ1v) is 9.37. The fraction of sp³-hybridized carbons (Fsp3) is 0.263. The molecule has 3 nitrogen and oxygen atoms in total. The smallest absolute Gasteiger partial charge is 0.261 e. The van der Waals surface area contributed by atoms with E-state index >= 15 is 0 Å². The van der Waals surface area contributed by atoms with Crippen molar-refractivity contribution in [2.24, 2.45) is 0 Å². The minimum Gasteiger partial charge on any atom is -0.490 e. The lowest BCUT2D eigenvalue weighted by Gasteiger charge is -2.20. The third kappa shape index (κ3) is 3.93. The van der Waals surface area contributed by atoms with Gasteiger partial charge in [-0.3, -0.25) is 4.57 Å². The van der Waals surface area contributed by atoms with Crippen molar-refractivity contribution in [3.05, 3.63) is 60.7 Å². The van der Waals surface area contributed by atoms with Crippen molar-refractivity contribution in [3.8, 4) is 5.75 Å². The monoisotopic (exact) mass is 330 g/mol. The maximum atomic E-state index is 13.5. The standard InChI is InChI=1S/C19H23O3P/c1-5-16-14-18(12-13-19(16)22-15(3)4)23(20,21-6-2)17-10-8-7-9-11-17/h5,7-15H,1,6H2,2-4H3. The highest BCUT2D eigenvalue weighted by Crippen LogP contribution is 2.45. The lowest BCUT2D eigenvalue weighted by Crippen LogP contribution is -2.19. The number of ether oxygens (including phenoxy) is 1. The Bertz CT molecular complexity index is 708. The summed E-state index contributed by atoms with van der Waals surface area (Å²) in [6.07, 6.45) is 1.77. The van der Waals surface area contributed by atoms with Gasteiger partial charge in [-0.1, -0.05) is 30.9 Å². The third-order valence-electron chi connectivity index (χ3n) is 3.32. The molecule has 122 valence electrons. The molecule has 1 unspecified atom stereocenters. The summed E-state index contributed by atoms with van der Waals surface area (Å²) in [5.74, 6) is 0.731. The topological polar surface area (TPSA) is 35.5 Å². The Morgan fingerprint density at radius 1 is 1.13 bits per heavy atom. The molecule has 1 atom stereocenters. The van der Waals surface area contributed by atoms with Gasteiger partial charge in [0.1, 0.15) is 5.75 Å². The van der Waals surface area contributed by atoms with Gasteiger partial charge in [0.05, 0.1) is 12.7 Å². The van der Waals surface area contributed by atoms with Crippen LogP contribution in [0.1, 0.15) is 26.3 Å². The zero-order valence-electron chi connectivity index (χ0n) is 13.9. The van der Waals surface area contributed by atoms with Gasteiger partial charge < -0.3 is 9.26 Å². The van der Waals surface area contributed by atoms with E-state index in [1.54, 1.807) is 6.08 Å². The van der Waals surface area contributed by atoms with Gasteiger partial charge in [-0.25, -0.2) is 0 Å². The summed E-state index contributed by atoms with van der Waals surface area (Å²) in [6.45, 7) is 9.99. The number of hydrogen-bond donors (Lipinski definition) is 0. The molecule has 0 heterocycles. The summed E-state index contributed by atoms with van der Waals surface area (Å²) < 4.78 is 25.0. The second-order valence-corrected chi connectivity index (χ2v) is 7.79. The van der Waals surface area contributed by atoms with E-state index in [1.165, 1.54) is 0 Å². The van der Waals surface area contributed by atoms with Gasteiger partial charge in [-0.2, -0.15) is 0 Å². The highest BCUT2D eigenvalue weighted by atomic mass is 31.2. The Morgan fingerprint density at radius 3 is 2.39 bits per heavy atom. The van der Waals surface area contributed by atoms with Crippen molar-refractivity contribution < 1.29 is 13.8 Å². The summed E-state index contributed by atoms with van der Waals surface area (Å²) >= 11 is 0. The minimum absolute atomic E-state index is 0.0624. The average molecular weight is 330 g/mol. The van der Waals surface area contributed by atoms with Crippen LogP contribution in [0.2, 0.25) is 0 Å². The van der Waals surface area contributed by atoms with Crippen molar-refractivity contribution >= 4 is 24.1 Å². The Balaban J connectivity index is 2.52. The van der Waals surface area contributed by atoms with Crippen LogP contribution in [0.4, 0.5) is 0 Å². The molecule has 2 rings (SSSR count). The summed E-state index contributed by atoms with van der Waals surface area (Å²) in [5.41, 5.74) is 0.812. The van der Waals surface area contributed by atoms with Crippen LogP contribution >= 0.6 is 7.37 Å². The molecule has 0 aliphatic carbocycles. The maximum Gasteiger partial charge on any atom is 0.261 e. The van der Waals surface area contributed by atoms with Gasteiger partial charge in [-0.05, 0) is 51.1 Å². The number of benzene rings is 2. The van der Waals surface area contributed by atoms with Crippen LogP contribution < -0.4 is 15.3 Å². The van der Waals surface area contributed by atoms with Gasteiger partial charge in [0.2, 0.25) is 0 Å². The first kappa shape index (κ1) is 17.5. The molecule has 0 spiro atoms. The van der Waals surface area contributed by atoms with Gasteiger partial charge in [0.25, 0.3) is 7.37 Å². The SMILES string of the molecule is C=Cc1cc(P(=O)(OCC)c2ccccc2)ccc1OC(C)C. The summed E-state index contributed by atoms with van der Waals surface area (Å²) in [6, 6.07) is 14.8. The second kappa shape index (κ2) is 7.63. The van der Waals surface area contributed by atoms with Crippen LogP contribution in [0.25, 0.3) is 6.08 Å². The molecule has 0 aliphatic rings. The molecule has 23 heavy (non-hydrogen) atoms. The Morgan fingerprint density at radius 2 is 1.83 bits per heavy atom. The maximum absolute atomic E-state index is 13.5. The highest BCUT2D eigenvalue weighted by Gasteiger charge is 2.28. The number of hydrogen-bond acceptors (Lipinski definition) is 3. The van der Waals surface area contributed by atoms with Crippen LogP contribution in [0, 0.1) is 0 Å². The molecule has 2 aromatic rings. The molecule has 0 radical (unpaired) electrons. The van der Waals surface area contributed by atoms with E-state index < -0.39 is 7.37 Å². The van der Waals surface area contributed by atoms with E-state index in [2.05, 4.69) is 6.58 Å². The highest BCUT2D eigenvalue weighted by molar-refractivity contribution is 7.74. The Labute approximate surface area is 138 Å². The molecule has 0 aliphatic heterocycles. The first-order chi connectivity index (χ1) is 11.0. The van der Waals surface area contributed by atoms with Gasteiger partial charge in [-0.15, -0.1) is 0 Å². The van der Waals surface area contributed by atoms with E-state index in [-0.39, 0.29) is 6.10 Å². The molecule has 0 N–H and O–H groups in total. The molecule has 0 aromatic heterocycles. The van der Waals surface area contributed by atoms with Crippen molar-refractivity contribution in [2.75, 3.05) is 6.61 Å². The lowest BCUT2D eigenvalue weighted by atomic mass is 10.2. The van der Waals surface area contributed by atoms with Crippen LogP contribution in [-0.4, -0.2) is 12.7 Å². The van der Waals surface area contributed by atoms with Gasteiger partial charge in [0.15, 0.2) is 0 Å². The van der Waals surface area contributed by atoms with Gasteiger partial charge in [0, 0.05) is 16.2 Å². The minimum atomic E-state index is -3.12. The molecule has 0 saturated heterocycles. The molecular weight excluding hydrogens is 307 g/mol. The van der Waals surface area contributed by atoms with E-state index in [1.807, 2.05) is 69.3 Å². The van der Waals surface area contributed by atoms with Crippen LogP contribution in [0.5, 0.6) is 5.75 Å². The van der Waals surface area contributed by atoms with Crippen molar-refractivity contribution in [1.82, 2.24) is 0 Å². The first-order valence-electron chi connectivity index (χ1n) is 7.75. The zero-order chi connectivity index (χ0) is 16.9. The second-order valence-electron chi connectivity index (χ2n) is 5.40. The van der Waals surface area contributed by atoms with Crippen LogP contribution in [0.15, 0.2) is 55.1 Å². The van der Waals surface area contributed by atoms with E-state index in [0.29, 0.717) is 17.2 Å². The summed E-state index contributed by atoms with van der Waals surface area (Å²) in [7, 11) is -3.12. The van der Waals surface area contributed by atoms with Crippen molar-refractivity contribution in [1.29, 1.82) is 0 Å².